The number of rotatable bonds is 5. The van der Waals surface area contributed by atoms with E-state index in [9.17, 15) is 0 Å². The highest BCUT2D eigenvalue weighted by atomic mass is 16.5. The summed E-state index contributed by atoms with van der Waals surface area (Å²) in [5.41, 5.74) is 0.0833. The molecule has 1 fully saturated rings. The summed E-state index contributed by atoms with van der Waals surface area (Å²) in [6.07, 6.45) is 2.36. The number of nitrogens with zero attached hydrogens (tertiary/aromatic N) is 4. The second-order valence-corrected chi connectivity index (χ2v) is 6.01. The van der Waals surface area contributed by atoms with E-state index in [1.165, 1.54) is 0 Å². The minimum Gasteiger partial charge on any atom is -0.461 e. The molecule has 1 aromatic rings. The van der Waals surface area contributed by atoms with Crippen molar-refractivity contribution in [2.75, 3.05) is 23.3 Å². The van der Waals surface area contributed by atoms with Crippen LogP contribution in [0.15, 0.2) is 0 Å². The Labute approximate surface area is 121 Å². The lowest BCUT2D eigenvalue weighted by Crippen LogP contribution is -2.39. The van der Waals surface area contributed by atoms with Gasteiger partial charge in [0.25, 0.3) is 0 Å². The van der Waals surface area contributed by atoms with Crippen LogP contribution in [0.25, 0.3) is 0 Å². The summed E-state index contributed by atoms with van der Waals surface area (Å²) in [4.78, 5) is 15.5. The molecule has 0 aliphatic carbocycles. The number of nitrogens with one attached hydrogen (secondary N) is 1. The first-order valence-electron chi connectivity index (χ1n) is 7.36. The van der Waals surface area contributed by atoms with E-state index >= 15 is 0 Å². The van der Waals surface area contributed by atoms with Crippen LogP contribution in [0.1, 0.15) is 47.5 Å². The Morgan fingerprint density at radius 3 is 2.60 bits per heavy atom. The zero-order chi connectivity index (χ0) is 14.8. The quantitative estimate of drug-likeness (QED) is 0.893. The predicted molar refractivity (Wildman–Crippen MR) is 80.4 cm³/mol. The molecular formula is C14H25N5O. The summed E-state index contributed by atoms with van der Waals surface area (Å²) in [6, 6.07) is 0.392. The highest BCUT2D eigenvalue weighted by Gasteiger charge is 2.34. The highest BCUT2D eigenvalue weighted by molar-refractivity contribution is 5.42. The average Bonchev–Trinajstić information content (AvgIpc) is 2.68. The molecule has 0 radical (unpaired) electrons. The maximum Gasteiger partial charge on any atom is 0.323 e. The van der Waals surface area contributed by atoms with E-state index in [0.29, 0.717) is 17.9 Å². The van der Waals surface area contributed by atoms with Gasteiger partial charge < -0.3 is 15.0 Å². The van der Waals surface area contributed by atoms with Crippen LogP contribution in [0.2, 0.25) is 0 Å². The summed E-state index contributed by atoms with van der Waals surface area (Å²) in [7, 11) is 0. The second kappa shape index (κ2) is 5.81. The fourth-order valence-electron chi connectivity index (χ4n) is 2.45. The molecule has 2 heterocycles. The fraction of sp³-hybridized carbons (Fsp3) is 0.786. The maximum absolute atomic E-state index is 5.64. The third-order valence-corrected chi connectivity index (χ3v) is 3.42. The first-order valence-corrected chi connectivity index (χ1v) is 7.36. The van der Waals surface area contributed by atoms with Crippen molar-refractivity contribution in [2.24, 2.45) is 0 Å². The van der Waals surface area contributed by atoms with Gasteiger partial charge in [-0.1, -0.05) is 0 Å². The molecule has 0 aromatic carbocycles. The van der Waals surface area contributed by atoms with Crippen LogP contribution in [0.3, 0.4) is 0 Å². The highest BCUT2D eigenvalue weighted by Crippen LogP contribution is 2.32. The van der Waals surface area contributed by atoms with Crippen LogP contribution in [-0.2, 0) is 0 Å². The Morgan fingerprint density at radius 1 is 1.30 bits per heavy atom. The smallest absolute Gasteiger partial charge is 0.323 e. The Bertz CT molecular complexity index is 461. The molecule has 20 heavy (non-hydrogen) atoms. The topological polar surface area (TPSA) is 63.2 Å². The van der Waals surface area contributed by atoms with Crippen LogP contribution in [-0.4, -0.2) is 39.7 Å². The van der Waals surface area contributed by atoms with Crippen LogP contribution < -0.4 is 15.0 Å². The van der Waals surface area contributed by atoms with Gasteiger partial charge in [0, 0.05) is 18.6 Å². The van der Waals surface area contributed by atoms with E-state index in [1.807, 2.05) is 20.8 Å². The zero-order valence-electron chi connectivity index (χ0n) is 13.1. The van der Waals surface area contributed by atoms with Gasteiger partial charge in [-0.05, 0) is 47.5 Å². The number of aromatic nitrogens is 3. The minimum absolute atomic E-state index is 0.0475. The molecule has 1 aliphatic heterocycles. The van der Waals surface area contributed by atoms with Gasteiger partial charge in [-0.15, -0.1) is 0 Å². The summed E-state index contributed by atoms with van der Waals surface area (Å²) in [5, 5.41) is 3.14. The van der Waals surface area contributed by atoms with Crippen molar-refractivity contribution in [3.8, 4) is 6.01 Å². The van der Waals surface area contributed by atoms with Crippen molar-refractivity contribution in [2.45, 2.75) is 59.1 Å². The molecule has 0 saturated carbocycles. The largest absolute Gasteiger partial charge is 0.461 e. The van der Waals surface area contributed by atoms with Gasteiger partial charge in [0.1, 0.15) is 0 Å². The zero-order valence-corrected chi connectivity index (χ0v) is 13.1. The summed E-state index contributed by atoms with van der Waals surface area (Å²) in [5.74, 6) is 1.28. The van der Waals surface area contributed by atoms with Gasteiger partial charge in [0.2, 0.25) is 11.9 Å². The van der Waals surface area contributed by atoms with Crippen molar-refractivity contribution in [1.82, 2.24) is 15.0 Å². The number of ether oxygens (including phenoxy) is 1. The summed E-state index contributed by atoms with van der Waals surface area (Å²) >= 11 is 0. The van der Waals surface area contributed by atoms with Crippen molar-refractivity contribution in [3.05, 3.63) is 0 Å². The van der Waals surface area contributed by atoms with Crippen LogP contribution >= 0.6 is 0 Å². The molecule has 1 aliphatic rings. The second-order valence-electron chi connectivity index (χ2n) is 6.01. The van der Waals surface area contributed by atoms with Gasteiger partial charge in [-0.3, -0.25) is 0 Å². The number of hydrogen-bond donors (Lipinski definition) is 1. The van der Waals surface area contributed by atoms with E-state index < -0.39 is 0 Å². The molecule has 1 aromatic heterocycles. The normalized spacial score (nSPS) is 17.6. The van der Waals surface area contributed by atoms with Crippen molar-refractivity contribution < 1.29 is 4.74 Å². The van der Waals surface area contributed by atoms with Gasteiger partial charge in [-0.2, -0.15) is 15.0 Å². The molecule has 6 heteroatoms. The molecule has 1 saturated heterocycles. The van der Waals surface area contributed by atoms with E-state index in [2.05, 4.69) is 39.0 Å². The van der Waals surface area contributed by atoms with Gasteiger partial charge >= 0.3 is 6.01 Å². The lowest BCUT2D eigenvalue weighted by Gasteiger charge is -2.31. The minimum atomic E-state index is 0.0475. The van der Waals surface area contributed by atoms with E-state index in [1.54, 1.807) is 0 Å². The lowest BCUT2D eigenvalue weighted by molar-refractivity contribution is 0.222. The standard InChI is InChI=1S/C14H25N5O/c1-6-15-11-16-12(18-13(17-11)20-10(2)3)19-9-7-8-14(19,4)5/h10H,6-9H2,1-5H3,(H,15,16,17,18). The van der Waals surface area contributed by atoms with Crippen molar-refractivity contribution >= 4 is 11.9 Å². The van der Waals surface area contributed by atoms with E-state index in [4.69, 9.17) is 4.74 Å². The van der Waals surface area contributed by atoms with Crippen LogP contribution in [0, 0.1) is 0 Å². The molecule has 0 bridgehead atoms. The lowest BCUT2D eigenvalue weighted by atomic mass is 10.0. The molecule has 0 atom stereocenters. The third-order valence-electron chi connectivity index (χ3n) is 3.42. The van der Waals surface area contributed by atoms with Crippen molar-refractivity contribution in [1.29, 1.82) is 0 Å². The van der Waals surface area contributed by atoms with Gasteiger partial charge in [-0.25, -0.2) is 0 Å². The molecule has 0 amide bonds. The molecule has 112 valence electrons. The SMILES string of the molecule is CCNc1nc(OC(C)C)nc(N2CCCC2(C)C)n1. The Morgan fingerprint density at radius 2 is 2.05 bits per heavy atom. The van der Waals surface area contributed by atoms with E-state index in [0.717, 1.165) is 25.9 Å². The first kappa shape index (κ1) is 14.8. The first-order chi connectivity index (χ1) is 9.42. The van der Waals surface area contributed by atoms with Gasteiger partial charge in [0.05, 0.1) is 6.10 Å². The molecule has 1 N–H and O–H groups in total. The maximum atomic E-state index is 5.64. The fourth-order valence-corrected chi connectivity index (χ4v) is 2.45. The monoisotopic (exact) mass is 279 g/mol. The number of anilines is 2. The predicted octanol–water partition coefficient (Wildman–Crippen LogP) is 2.47. The Kier molecular flexibility index (Phi) is 4.30. The summed E-state index contributed by atoms with van der Waals surface area (Å²) < 4.78 is 5.64. The molecule has 0 unspecified atom stereocenters. The molecule has 0 spiro atoms. The Hall–Kier alpha value is -1.59. The van der Waals surface area contributed by atoms with Crippen LogP contribution in [0.4, 0.5) is 11.9 Å². The third kappa shape index (κ3) is 3.29. The average molecular weight is 279 g/mol. The van der Waals surface area contributed by atoms with E-state index in [-0.39, 0.29) is 11.6 Å². The van der Waals surface area contributed by atoms with Crippen LogP contribution in [0.5, 0.6) is 6.01 Å². The molecule has 6 nitrogen and oxygen atoms in total. The van der Waals surface area contributed by atoms with Gasteiger partial charge in [0.15, 0.2) is 0 Å². The molecular weight excluding hydrogens is 254 g/mol. The van der Waals surface area contributed by atoms with Crippen molar-refractivity contribution in [3.63, 3.8) is 0 Å². The number of hydrogen-bond acceptors (Lipinski definition) is 6. The molecule has 2 rings (SSSR count). The Balaban J connectivity index is 2.33. The summed E-state index contributed by atoms with van der Waals surface area (Å²) in [6.45, 7) is 12.1.